The molecule has 27 heavy (non-hydrogen) atoms. The second-order valence-corrected chi connectivity index (χ2v) is 8.55. The summed E-state index contributed by atoms with van der Waals surface area (Å²) in [5.41, 5.74) is 0.784. The van der Waals surface area contributed by atoms with Crippen molar-refractivity contribution in [2.75, 3.05) is 12.4 Å². The third kappa shape index (κ3) is 4.80. The van der Waals surface area contributed by atoms with Crippen LogP contribution in [0.15, 0.2) is 47.4 Å². The van der Waals surface area contributed by atoms with Crippen LogP contribution in [0.5, 0.6) is 5.75 Å². The Morgan fingerprint density at radius 3 is 2.41 bits per heavy atom. The molecule has 1 fully saturated rings. The molecule has 144 valence electrons. The van der Waals surface area contributed by atoms with Crippen molar-refractivity contribution >= 4 is 33.2 Å². The molecule has 2 aromatic carbocycles. The molecule has 0 unspecified atom stereocenters. The highest BCUT2D eigenvalue weighted by Crippen LogP contribution is 2.27. The molecule has 0 bridgehead atoms. The molecule has 6 nitrogen and oxygen atoms in total. The molecule has 1 amide bonds. The average molecular weight is 409 g/mol. The van der Waals surface area contributed by atoms with Crippen molar-refractivity contribution in [1.29, 1.82) is 0 Å². The molecule has 1 aliphatic rings. The molecular weight excluding hydrogens is 388 g/mol. The first-order chi connectivity index (χ1) is 12.9. The van der Waals surface area contributed by atoms with E-state index >= 15 is 0 Å². The van der Waals surface area contributed by atoms with E-state index in [1.165, 1.54) is 25.3 Å². The van der Waals surface area contributed by atoms with Crippen molar-refractivity contribution in [1.82, 2.24) is 4.72 Å². The molecule has 0 aliphatic heterocycles. The zero-order chi connectivity index (χ0) is 19.4. The molecule has 1 saturated carbocycles. The molecular formula is C19H21ClN2O4S. The minimum atomic E-state index is -3.79. The second-order valence-electron chi connectivity index (χ2n) is 6.43. The van der Waals surface area contributed by atoms with Gasteiger partial charge in [-0.05, 0) is 55.3 Å². The number of benzene rings is 2. The molecule has 0 heterocycles. The molecule has 3 rings (SSSR count). The second kappa shape index (κ2) is 8.29. The number of carbonyl (C=O) groups is 1. The van der Waals surface area contributed by atoms with E-state index < -0.39 is 15.9 Å². The number of amides is 1. The minimum absolute atomic E-state index is 0.0411. The summed E-state index contributed by atoms with van der Waals surface area (Å²) in [6.45, 7) is 0. The summed E-state index contributed by atoms with van der Waals surface area (Å²) in [6.07, 6.45) is 3.65. The van der Waals surface area contributed by atoms with Crippen molar-refractivity contribution in [3.8, 4) is 5.75 Å². The van der Waals surface area contributed by atoms with Crippen LogP contribution < -0.4 is 14.8 Å². The topological polar surface area (TPSA) is 84.5 Å². The highest BCUT2D eigenvalue weighted by Gasteiger charge is 2.26. The summed E-state index contributed by atoms with van der Waals surface area (Å²) in [7, 11) is -2.39. The number of rotatable bonds is 6. The van der Waals surface area contributed by atoms with Gasteiger partial charge in [-0.25, -0.2) is 13.1 Å². The predicted molar refractivity (Wildman–Crippen MR) is 105 cm³/mol. The molecule has 0 atom stereocenters. The van der Waals surface area contributed by atoms with Crippen molar-refractivity contribution in [3.63, 3.8) is 0 Å². The van der Waals surface area contributed by atoms with Gasteiger partial charge in [-0.15, -0.1) is 0 Å². The summed E-state index contributed by atoms with van der Waals surface area (Å²) >= 11 is 5.84. The SMILES string of the molecule is COc1ccc(C(=O)Nc2ccc(Cl)cc2)cc1S(=O)(=O)NC1CCCC1. The number of ether oxygens (including phenoxy) is 1. The summed E-state index contributed by atoms with van der Waals surface area (Å²) in [6, 6.07) is 10.9. The molecule has 0 radical (unpaired) electrons. The fraction of sp³-hybridized carbons (Fsp3) is 0.316. The first-order valence-corrected chi connectivity index (χ1v) is 10.5. The van der Waals surface area contributed by atoms with E-state index in [-0.39, 0.29) is 22.3 Å². The van der Waals surface area contributed by atoms with Crippen LogP contribution in [0.25, 0.3) is 0 Å². The number of carbonyl (C=O) groups excluding carboxylic acids is 1. The van der Waals surface area contributed by atoms with Gasteiger partial charge in [-0.1, -0.05) is 24.4 Å². The van der Waals surface area contributed by atoms with Gasteiger partial charge < -0.3 is 10.1 Å². The average Bonchev–Trinajstić information content (AvgIpc) is 3.15. The maximum atomic E-state index is 12.8. The lowest BCUT2D eigenvalue weighted by molar-refractivity contribution is 0.102. The summed E-state index contributed by atoms with van der Waals surface area (Å²) in [5, 5.41) is 3.28. The summed E-state index contributed by atoms with van der Waals surface area (Å²) in [4.78, 5) is 12.5. The van der Waals surface area contributed by atoms with Crippen LogP contribution >= 0.6 is 11.6 Å². The first kappa shape index (κ1) is 19.7. The van der Waals surface area contributed by atoms with Gasteiger partial charge in [0.15, 0.2) is 0 Å². The monoisotopic (exact) mass is 408 g/mol. The Morgan fingerprint density at radius 1 is 1.11 bits per heavy atom. The van der Waals surface area contributed by atoms with E-state index in [0.29, 0.717) is 10.7 Å². The molecule has 8 heteroatoms. The lowest BCUT2D eigenvalue weighted by atomic mass is 10.2. The lowest BCUT2D eigenvalue weighted by Gasteiger charge is -2.16. The van der Waals surface area contributed by atoms with Crippen LogP contribution in [-0.4, -0.2) is 27.5 Å². The number of sulfonamides is 1. The molecule has 1 aliphatic carbocycles. The maximum Gasteiger partial charge on any atom is 0.255 e. The van der Waals surface area contributed by atoms with Gasteiger partial charge in [0.25, 0.3) is 5.91 Å². The van der Waals surface area contributed by atoms with E-state index in [9.17, 15) is 13.2 Å². The standard InChI is InChI=1S/C19H21ClN2O4S/c1-26-17-11-6-13(19(23)21-15-9-7-14(20)8-10-15)12-18(17)27(24,25)22-16-4-2-3-5-16/h6-12,16,22H,2-5H2,1H3,(H,21,23). The zero-order valence-corrected chi connectivity index (χ0v) is 16.4. The maximum absolute atomic E-state index is 12.8. The zero-order valence-electron chi connectivity index (χ0n) is 14.9. The fourth-order valence-electron chi connectivity index (χ4n) is 3.09. The Kier molecular flexibility index (Phi) is 6.04. The van der Waals surface area contributed by atoms with Crippen molar-refractivity contribution < 1.29 is 17.9 Å². The Morgan fingerprint density at radius 2 is 1.78 bits per heavy atom. The molecule has 0 aromatic heterocycles. The number of halogens is 1. The van der Waals surface area contributed by atoms with Crippen molar-refractivity contribution in [2.45, 2.75) is 36.6 Å². The number of nitrogens with one attached hydrogen (secondary N) is 2. The third-order valence-electron chi connectivity index (χ3n) is 4.49. The van der Waals surface area contributed by atoms with Gasteiger partial charge >= 0.3 is 0 Å². The lowest BCUT2D eigenvalue weighted by Crippen LogP contribution is -2.33. The van der Waals surface area contributed by atoms with Crippen LogP contribution in [-0.2, 0) is 10.0 Å². The normalized spacial score (nSPS) is 14.9. The van der Waals surface area contributed by atoms with Crippen LogP contribution in [0, 0.1) is 0 Å². The van der Waals surface area contributed by atoms with Crippen LogP contribution in [0.3, 0.4) is 0 Å². The highest BCUT2D eigenvalue weighted by atomic mass is 35.5. The van der Waals surface area contributed by atoms with Gasteiger partial charge in [0, 0.05) is 22.3 Å². The Balaban J connectivity index is 1.85. The van der Waals surface area contributed by atoms with Gasteiger partial charge in [-0.2, -0.15) is 0 Å². The fourth-order valence-corrected chi connectivity index (χ4v) is 4.72. The summed E-state index contributed by atoms with van der Waals surface area (Å²) < 4.78 is 33.5. The van der Waals surface area contributed by atoms with Crippen molar-refractivity contribution in [3.05, 3.63) is 53.1 Å². The smallest absolute Gasteiger partial charge is 0.255 e. The van der Waals surface area contributed by atoms with Gasteiger partial charge in [0.05, 0.1) is 7.11 Å². The molecule has 2 N–H and O–H groups in total. The third-order valence-corrected chi connectivity index (χ3v) is 6.29. The highest BCUT2D eigenvalue weighted by molar-refractivity contribution is 7.89. The number of hydrogen-bond acceptors (Lipinski definition) is 4. The molecule has 0 saturated heterocycles. The number of anilines is 1. The molecule has 0 spiro atoms. The van der Waals surface area contributed by atoms with Crippen LogP contribution in [0.4, 0.5) is 5.69 Å². The van der Waals surface area contributed by atoms with E-state index in [2.05, 4.69) is 10.0 Å². The van der Waals surface area contributed by atoms with Crippen molar-refractivity contribution in [2.24, 2.45) is 0 Å². The predicted octanol–water partition coefficient (Wildman–Crippen LogP) is 3.82. The van der Waals surface area contributed by atoms with E-state index in [1.807, 2.05) is 0 Å². The quantitative estimate of drug-likeness (QED) is 0.760. The minimum Gasteiger partial charge on any atom is -0.495 e. The Bertz CT molecular complexity index is 923. The van der Waals surface area contributed by atoms with E-state index in [0.717, 1.165) is 25.7 Å². The summed E-state index contributed by atoms with van der Waals surface area (Å²) in [5.74, 6) is -0.221. The van der Waals surface area contributed by atoms with E-state index in [1.54, 1.807) is 24.3 Å². The Labute approximate surface area is 163 Å². The largest absolute Gasteiger partial charge is 0.495 e. The van der Waals surface area contributed by atoms with Gasteiger partial charge in [0.1, 0.15) is 10.6 Å². The molecule has 2 aromatic rings. The van der Waals surface area contributed by atoms with Gasteiger partial charge in [0.2, 0.25) is 10.0 Å². The Hall–Kier alpha value is -2.09. The van der Waals surface area contributed by atoms with E-state index in [4.69, 9.17) is 16.3 Å². The van der Waals surface area contributed by atoms with Crippen LogP contribution in [0.1, 0.15) is 36.0 Å². The number of methoxy groups -OCH3 is 1. The van der Waals surface area contributed by atoms with Crippen LogP contribution in [0.2, 0.25) is 5.02 Å². The number of hydrogen-bond donors (Lipinski definition) is 2. The van der Waals surface area contributed by atoms with Gasteiger partial charge in [-0.3, -0.25) is 4.79 Å². The first-order valence-electron chi connectivity index (χ1n) is 8.66.